The largest absolute Gasteiger partial charge is 0.493 e. The molecular weight excluding hydrogens is 472 g/mol. The van der Waals surface area contributed by atoms with E-state index in [1.165, 1.54) is 4.90 Å². The van der Waals surface area contributed by atoms with Crippen LogP contribution in [0.4, 0.5) is 0 Å². The lowest BCUT2D eigenvalue weighted by Crippen LogP contribution is -2.33. The van der Waals surface area contributed by atoms with Gasteiger partial charge in [0.1, 0.15) is 5.75 Å². The number of carbonyl (C=O) groups is 2. The van der Waals surface area contributed by atoms with Gasteiger partial charge >= 0.3 is 0 Å². The third kappa shape index (κ3) is 3.79. The lowest BCUT2D eigenvalue weighted by molar-refractivity contribution is -0.138. The normalized spacial score (nSPS) is 23.1. The summed E-state index contributed by atoms with van der Waals surface area (Å²) in [4.78, 5) is 33.6. The number of ether oxygens (including phenoxy) is 1. The molecule has 2 amide bonds. The number of fused-ring (bicyclic) bond motifs is 2. The third-order valence-electron chi connectivity index (χ3n) is 7.01. The van der Waals surface area contributed by atoms with Crippen molar-refractivity contribution in [3.63, 3.8) is 0 Å². The average molecular weight is 497 g/mol. The molecule has 2 atom stereocenters. The zero-order chi connectivity index (χ0) is 23.4. The van der Waals surface area contributed by atoms with Crippen LogP contribution >= 0.6 is 22.9 Å². The number of nitrogens with two attached hydrogens (primary N) is 1. The zero-order valence-electron chi connectivity index (χ0n) is 18.6. The monoisotopic (exact) mass is 496 g/mol. The number of halogens is 1. The van der Waals surface area contributed by atoms with E-state index in [1.807, 2.05) is 24.3 Å². The SMILES string of the molecule is N[C@@H]1CCN([C@@H]2CCOc3cc(Cl)cc(-c4ccnc5cc(CN6C(=O)CCC6=O)sc45)c32)C1. The van der Waals surface area contributed by atoms with Crippen LogP contribution in [0.5, 0.6) is 5.75 Å². The molecule has 2 fully saturated rings. The first kappa shape index (κ1) is 22.0. The minimum Gasteiger partial charge on any atom is -0.493 e. The van der Waals surface area contributed by atoms with Gasteiger partial charge in [-0.05, 0) is 36.2 Å². The van der Waals surface area contributed by atoms with Crippen molar-refractivity contribution in [1.29, 1.82) is 0 Å². The Morgan fingerprint density at radius 3 is 2.74 bits per heavy atom. The van der Waals surface area contributed by atoms with Crippen molar-refractivity contribution in [3.05, 3.63) is 45.9 Å². The van der Waals surface area contributed by atoms with Crippen LogP contribution in [0.15, 0.2) is 30.5 Å². The topological polar surface area (TPSA) is 88.8 Å². The van der Waals surface area contributed by atoms with Crippen LogP contribution in [0.2, 0.25) is 5.02 Å². The zero-order valence-corrected chi connectivity index (χ0v) is 20.2. The van der Waals surface area contributed by atoms with E-state index < -0.39 is 0 Å². The number of aromatic nitrogens is 1. The quantitative estimate of drug-likeness (QED) is 0.546. The van der Waals surface area contributed by atoms with Crippen LogP contribution in [0, 0.1) is 0 Å². The van der Waals surface area contributed by atoms with E-state index in [0.717, 1.165) is 63.5 Å². The number of carbonyl (C=O) groups excluding carboxylic acids is 2. The van der Waals surface area contributed by atoms with Gasteiger partial charge < -0.3 is 10.5 Å². The minimum absolute atomic E-state index is 0.108. The standard InChI is InChI=1S/C25H25ClN4O3S/c26-14-9-18(24-20(5-8-33-21(24)10-14)29-7-4-15(27)12-29)17-3-6-28-19-11-16(34-25(17)19)13-30-22(31)1-2-23(30)32/h3,6,9-11,15,20H,1-2,4-5,7-8,12-13,27H2/t15-,20-/m1/s1. The average Bonchev–Trinajstić information content (AvgIpc) is 3.52. The number of amides is 2. The van der Waals surface area contributed by atoms with Crippen molar-refractivity contribution >= 4 is 45.0 Å². The van der Waals surface area contributed by atoms with Crippen molar-refractivity contribution in [2.24, 2.45) is 5.73 Å². The first-order valence-corrected chi connectivity index (χ1v) is 12.8. The van der Waals surface area contributed by atoms with Gasteiger partial charge in [-0.3, -0.25) is 24.4 Å². The molecule has 1 aromatic carbocycles. The molecule has 9 heteroatoms. The van der Waals surface area contributed by atoms with E-state index >= 15 is 0 Å². The van der Waals surface area contributed by atoms with Gasteiger partial charge in [0.2, 0.25) is 11.8 Å². The molecule has 3 aliphatic rings. The van der Waals surface area contributed by atoms with Crippen molar-refractivity contribution in [2.75, 3.05) is 19.7 Å². The van der Waals surface area contributed by atoms with Crippen molar-refractivity contribution in [3.8, 4) is 16.9 Å². The summed E-state index contributed by atoms with van der Waals surface area (Å²) < 4.78 is 7.09. The molecule has 0 aliphatic carbocycles. The molecular formula is C25H25ClN4O3S. The number of thiophene rings is 1. The summed E-state index contributed by atoms with van der Waals surface area (Å²) in [6, 6.07) is 8.33. The predicted molar refractivity (Wildman–Crippen MR) is 132 cm³/mol. The maximum Gasteiger partial charge on any atom is 0.230 e. The van der Waals surface area contributed by atoms with E-state index in [1.54, 1.807) is 17.5 Å². The highest BCUT2D eigenvalue weighted by Crippen LogP contribution is 2.47. The Morgan fingerprint density at radius 2 is 1.97 bits per heavy atom. The number of nitrogens with zero attached hydrogens (tertiary/aromatic N) is 3. The summed E-state index contributed by atoms with van der Waals surface area (Å²) in [6.45, 7) is 2.79. The van der Waals surface area contributed by atoms with Crippen LogP contribution in [0.25, 0.3) is 21.3 Å². The molecule has 0 bridgehead atoms. The Kier molecular flexibility index (Phi) is 5.56. The van der Waals surface area contributed by atoms with E-state index in [2.05, 4.69) is 9.88 Å². The van der Waals surface area contributed by atoms with Crippen LogP contribution < -0.4 is 10.5 Å². The van der Waals surface area contributed by atoms with E-state index in [0.29, 0.717) is 31.0 Å². The van der Waals surface area contributed by atoms with Crippen LogP contribution in [0.1, 0.15) is 42.2 Å². The molecule has 34 heavy (non-hydrogen) atoms. The summed E-state index contributed by atoms with van der Waals surface area (Å²) in [7, 11) is 0. The van der Waals surface area contributed by atoms with Gasteiger partial charge in [0, 0.05) is 71.7 Å². The van der Waals surface area contributed by atoms with Crippen LogP contribution in [-0.2, 0) is 16.1 Å². The summed E-state index contributed by atoms with van der Waals surface area (Å²) in [5, 5.41) is 0.627. The molecule has 3 aliphatic heterocycles. The molecule has 7 nitrogen and oxygen atoms in total. The molecule has 0 radical (unpaired) electrons. The molecule has 0 unspecified atom stereocenters. The Labute approximate surface area is 206 Å². The van der Waals surface area contributed by atoms with Gasteiger partial charge in [-0.1, -0.05) is 11.6 Å². The molecule has 176 valence electrons. The fourth-order valence-electron chi connectivity index (χ4n) is 5.40. The second-order valence-corrected chi connectivity index (χ2v) is 10.8. The molecule has 3 aromatic rings. The maximum atomic E-state index is 12.1. The Bertz CT molecular complexity index is 1290. The Hall–Kier alpha value is -2.52. The first-order chi connectivity index (χ1) is 16.5. The molecule has 6 rings (SSSR count). The number of pyridine rings is 1. The lowest BCUT2D eigenvalue weighted by Gasteiger charge is -2.35. The maximum absolute atomic E-state index is 12.1. The van der Waals surface area contributed by atoms with Crippen molar-refractivity contribution < 1.29 is 14.3 Å². The molecule has 2 N–H and O–H groups in total. The predicted octanol–water partition coefficient (Wildman–Crippen LogP) is 4.12. The highest BCUT2D eigenvalue weighted by atomic mass is 35.5. The molecule has 2 saturated heterocycles. The van der Waals surface area contributed by atoms with Gasteiger partial charge in [-0.2, -0.15) is 0 Å². The number of likely N-dealkylation sites (tertiary alicyclic amines) is 2. The van der Waals surface area contributed by atoms with E-state index in [9.17, 15) is 9.59 Å². The Balaban J connectivity index is 1.45. The third-order valence-corrected chi connectivity index (χ3v) is 8.37. The highest BCUT2D eigenvalue weighted by Gasteiger charge is 2.34. The van der Waals surface area contributed by atoms with Gasteiger partial charge in [-0.25, -0.2) is 0 Å². The molecule has 0 spiro atoms. The summed E-state index contributed by atoms with van der Waals surface area (Å²) in [5.41, 5.74) is 10.3. The highest BCUT2D eigenvalue weighted by molar-refractivity contribution is 7.19. The van der Waals surface area contributed by atoms with Crippen molar-refractivity contribution in [1.82, 2.24) is 14.8 Å². The van der Waals surface area contributed by atoms with Gasteiger partial charge in [0.05, 0.1) is 23.4 Å². The van der Waals surface area contributed by atoms with E-state index in [-0.39, 0.29) is 23.9 Å². The number of benzene rings is 1. The Morgan fingerprint density at radius 1 is 1.15 bits per heavy atom. The van der Waals surface area contributed by atoms with Crippen LogP contribution in [0.3, 0.4) is 0 Å². The summed E-state index contributed by atoms with van der Waals surface area (Å²) in [6.07, 6.45) is 4.29. The number of rotatable bonds is 4. The van der Waals surface area contributed by atoms with E-state index in [4.69, 9.17) is 22.1 Å². The van der Waals surface area contributed by atoms with Crippen LogP contribution in [-0.4, -0.2) is 52.3 Å². The number of imide groups is 1. The summed E-state index contributed by atoms with van der Waals surface area (Å²) in [5.74, 6) is 0.612. The minimum atomic E-state index is -0.108. The lowest BCUT2D eigenvalue weighted by atomic mass is 9.90. The molecule has 5 heterocycles. The number of hydrogen-bond donors (Lipinski definition) is 1. The number of hydrogen-bond acceptors (Lipinski definition) is 7. The van der Waals surface area contributed by atoms with Gasteiger partial charge in [0.25, 0.3) is 0 Å². The van der Waals surface area contributed by atoms with Gasteiger partial charge in [-0.15, -0.1) is 11.3 Å². The smallest absolute Gasteiger partial charge is 0.230 e. The molecule has 2 aromatic heterocycles. The molecule has 0 saturated carbocycles. The fraction of sp³-hybridized carbons (Fsp3) is 0.400. The second kappa shape index (κ2) is 8.61. The second-order valence-electron chi connectivity index (χ2n) is 9.22. The van der Waals surface area contributed by atoms with Gasteiger partial charge in [0.15, 0.2) is 0 Å². The first-order valence-electron chi connectivity index (χ1n) is 11.6. The summed E-state index contributed by atoms with van der Waals surface area (Å²) >= 11 is 8.13. The fourth-order valence-corrected chi connectivity index (χ4v) is 6.74. The van der Waals surface area contributed by atoms with Crippen molar-refractivity contribution in [2.45, 2.75) is 44.3 Å².